The lowest BCUT2D eigenvalue weighted by Crippen LogP contribution is -2.44. The Morgan fingerprint density at radius 1 is 1.06 bits per heavy atom. The zero-order valence-electron chi connectivity index (χ0n) is 18.9. The molecule has 0 radical (unpaired) electrons. The summed E-state index contributed by atoms with van der Waals surface area (Å²) in [5.74, 6) is -1.72. The van der Waals surface area contributed by atoms with Gasteiger partial charge in [-0.25, -0.2) is 4.79 Å². The summed E-state index contributed by atoms with van der Waals surface area (Å²) in [7, 11) is 0. The van der Waals surface area contributed by atoms with Gasteiger partial charge in [-0.1, -0.05) is 55.0 Å². The van der Waals surface area contributed by atoms with E-state index in [-0.39, 0.29) is 36.6 Å². The smallest absolute Gasteiger partial charge is 0.414 e. The molecule has 180 valence electrons. The summed E-state index contributed by atoms with van der Waals surface area (Å²) in [6.07, 6.45) is 1.88. The van der Waals surface area contributed by atoms with E-state index in [0.29, 0.717) is 0 Å². The molecule has 2 aromatic carbocycles. The van der Waals surface area contributed by atoms with Crippen molar-refractivity contribution in [3.8, 4) is 11.1 Å². The summed E-state index contributed by atoms with van der Waals surface area (Å²) < 4.78 is 5.47. The van der Waals surface area contributed by atoms with Gasteiger partial charge in [0.15, 0.2) is 0 Å². The molecule has 0 aliphatic heterocycles. The maximum atomic E-state index is 12.5. The molecule has 0 spiro atoms. The average Bonchev–Trinajstić information content (AvgIpc) is 3.39. The van der Waals surface area contributed by atoms with Crippen molar-refractivity contribution in [3.63, 3.8) is 0 Å². The topological polar surface area (TPSA) is 146 Å². The minimum Gasteiger partial charge on any atom is -0.481 e. The van der Waals surface area contributed by atoms with Crippen LogP contribution in [0, 0.1) is 5.92 Å². The number of amides is 2. The molecule has 2 aliphatic rings. The lowest BCUT2D eigenvalue weighted by Gasteiger charge is -2.33. The average molecular weight is 476 g/mol. The summed E-state index contributed by atoms with van der Waals surface area (Å²) in [6, 6.07) is 15.6. The number of benzene rings is 2. The van der Waals surface area contributed by atoms with E-state index in [2.05, 4.69) is 37.9 Å². The number of carbonyl (C=O) groups is 3. The molecule has 10 nitrogen and oxygen atoms in total. The zero-order valence-corrected chi connectivity index (χ0v) is 18.9. The highest BCUT2D eigenvalue weighted by molar-refractivity contribution is 5.92. The zero-order chi connectivity index (χ0) is 24.4. The van der Waals surface area contributed by atoms with Gasteiger partial charge in [0.25, 0.3) is 11.9 Å². The third-order valence-corrected chi connectivity index (χ3v) is 6.69. The van der Waals surface area contributed by atoms with Crippen LogP contribution in [0.1, 0.15) is 53.3 Å². The van der Waals surface area contributed by atoms with E-state index in [1.165, 1.54) is 0 Å². The predicted molar refractivity (Wildman–Crippen MR) is 126 cm³/mol. The molecule has 35 heavy (non-hydrogen) atoms. The van der Waals surface area contributed by atoms with Gasteiger partial charge >= 0.3 is 12.1 Å². The Morgan fingerprint density at radius 3 is 2.31 bits per heavy atom. The number of aromatic nitrogens is 3. The van der Waals surface area contributed by atoms with Crippen LogP contribution in [0.4, 0.5) is 10.7 Å². The Labute approximate surface area is 201 Å². The molecule has 4 N–H and O–H groups in total. The van der Waals surface area contributed by atoms with Crippen molar-refractivity contribution in [2.45, 2.75) is 37.6 Å². The highest BCUT2D eigenvalue weighted by atomic mass is 16.5. The summed E-state index contributed by atoms with van der Waals surface area (Å²) in [4.78, 5) is 40.1. The van der Waals surface area contributed by atoms with Crippen LogP contribution >= 0.6 is 0 Å². The molecule has 1 atom stereocenters. The number of nitrogens with zero attached hydrogens (tertiary/aromatic N) is 2. The summed E-state index contributed by atoms with van der Waals surface area (Å²) >= 11 is 0. The minimum absolute atomic E-state index is 0.0840. The minimum atomic E-state index is -0.975. The van der Waals surface area contributed by atoms with Gasteiger partial charge in [-0.3, -0.25) is 20.0 Å². The number of ether oxygens (including phenoxy) is 1. The van der Waals surface area contributed by atoms with E-state index in [1.54, 1.807) is 0 Å². The molecule has 5 rings (SSSR count). The molecule has 1 aromatic heterocycles. The monoisotopic (exact) mass is 475 g/mol. The first-order chi connectivity index (χ1) is 17.0. The number of carboxylic acid groups (broad SMARTS) is 1. The number of carboxylic acids is 1. The SMILES string of the molecule is O=C(O)CC(NC(=O)c1nc(NC(=O)OCC2c3ccccc3-c3ccccc32)n[nH]1)C1CCC1. The quantitative estimate of drug-likeness (QED) is 0.390. The number of carbonyl (C=O) groups excluding carboxylic acids is 2. The predicted octanol–water partition coefficient (Wildman–Crippen LogP) is 3.54. The number of anilines is 1. The number of aromatic amines is 1. The molecule has 3 aromatic rings. The number of aliphatic carboxylic acids is 1. The van der Waals surface area contributed by atoms with E-state index in [0.717, 1.165) is 41.5 Å². The normalized spacial score (nSPS) is 15.4. The van der Waals surface area contributed by atoms with E-state index in [1.807, 2.05) is 36.4 Å². The Bertz CT molecular complexity index is 1220. The molecule has 10 heteroatoms. The first-order valence-corrected chi connectivity index (χ1v) is 11.6. The second-order valence-electron chi connectivity index (χ2n) is 8.83. The Morgan fingerprint density at radius 2 is 1.71 bits per heavy atom. The highest BCUT2D eigenvalue weighted by Crippen LogP contribution is 2.44. The van der Waals surface area contributed by atoms with Crippen LogP contribution in [0.3, 0.4) is 0 Å². The molecule has 1 heterocycles. The Hall–Kier alpha value is -4.21. The van der Waals surface area contributed by atoms with Crippen molar-refractivity contribution in [1.29, 1.82) is 0 Å². The molecule has 0 saturated heterocycles. The van der Waals surface area contributed by atoms with Crippen molar-refractivity contribution in [2.75, 3.05) is 11.9 Å². The maximum absolute atomic E-state index is 12.5. The van der Waals surface area contributed by atoms with E-state index in [4.69, 9.17) is 9.84 Å². The van der Waals surface area contributed by atoms with E-state index in [9.17, 15) is 14.4 Å². The van der Waals surface area contributed by atoms with Gasteiger partial charge in [-0.05, 0) is 41.0 Å². The third kappa shape index (κ3) is 4.72. The molecule has 2 aliphatic carbocycles. The number of H-pyrrole nitrogens is 1. The first kappa shape index (κ1) is 22.6. The van der Waals surface area contributed by atoms with Crippen LogP contribution in [0.15, 0.2) is 48.5 Å². The van der Waals surface area contributed by atoms with Gasteiger partial charge in [0.1, 0.15) is 6.61 Å². The number of nitrogens with one attached hydrogen (secondary N) is 3. The van der Waals surface area contributed by atoms with Crippen LogP contribution in [0.5, 0.6) is 0 Å². The van der Waals surface area contributed by atoms with Crippen molar-refractivity contribution >= 4 is 23.9 Å². The van der Waals surface area contributed by atoms with Gasteiger partial charge in [-0.2, -0.15) is 4.98 Å². The number of fused-ring (bicyclic) bond motifs is 3. The van der Waals surface area contributed by atoms with Gasteiger partial charge < -0.3 is 15.2 Å². The Balaban J connectivity index is 1.18. The Kier molecular flexibility index (Phi) is 6.17. The fourth-order valence-corrected chi connectivity index (χ4v) is 4.75. The van der Waals surface area contributed by atoms with Crippen LogP contribution in [0.25, 0.3) is 11.1 Å². The lowest BCUT2D eigenvalue weighted by molar-refractivity contribution is -0.138. The maximum Gasteiger partial charge on any atom is 0.414 e. The molecular formula is C25H25N5O5. The third-order valence-electron chi connectivity index (χ3n) is 6.69. The fraction of sp³-hybridized carbons (Fsp3) is 0.320. The van der Waals surface area contributed by atoms with Crippen molar-refractivity contribution < 1.29 is 24.2 Å². The van der Waals surface area contributed by atoms with E-state index >= 15 is 0 Å². The van der Waals surface area contributed by atoms with Crippen molar-refractivity contribution in [3.05, 3.63) is 65.5 Å². The summed E-state index contributed by atoms with van der Waals surface area (Å²) in [6.45, 7) is 0.135. The highest BCUT2D eigenvalue weighted by Gasteiger charge is 2.32. The van der Waals surface area contributed by atoms with Crippen LogP contribution < -0.4 is 10.6 Å². The number of hydrogen-bond donors (Lipinski definition) is 4. The fourth-order valence-electron chi connectivity index (χ4n) is 4.75. The van der Waals surface area contributed by atoms with Crippen LogP contribution in [0.2, 0.25) is 0 Å². The van der Waals surface area contributed by atoms with Crippen molar-refractivity contribution in [2.24, 2.45) is 5.92 Å². The first-order valence-electron chi connectivity index (χ1n) is 11.6. The van der Waals surface area contributed by atoms with Crippen LogP contribution in [-0.4, -0.2) is 50.9 Å². The van der Waals surface area contributed by atoms with Crippen molar-refractivity contribution in [1.82, 2.24) is 20.5 Å². The van der Waals surface area contributed by atoms with Gasteiger partial charge in [0.2, 0.25) is 5.82 Å². The summed E-state index contributed by atoms with van der Waals surface area (Å²) in [5.41, 5.74) is 4.45. The molecule has 1 fully saturated rings. The molecular weight excluding hydrogens is 450 g/mol. The second-order valence-corrected chi connectivity index (χ2v) is 8.83. The summed E-state index contributed by atoms with van der Waals surface area (Å²) in [5, 5.41) is 20.6. The van der Waals surface area contributed by atoms with Gasteiger partial charge in [-0.15, -0.1) is 5.10 Å². The number of hydrogen-bond acceptors (Lipinski definition) is 6. The molecule has 1 saturated carbocycles. The lowest BCUT2D eigenvalue weighted by atomic mass is 9.78. The number of rotatable bonds is 8. The second kappa shape index (κ2) is 9.57. The molecule has 0 bridgehead atoms. The van der Waals surface area contributed by atoms with Gasteiger partial charge in [0.05, 0.1) is 6.42 Å². The van der Waals surface area contributed by atoms with Crippen LogP contribution in [-0.2, 0) is 9.53 Å². The van der Waals surface area contributed by atoms with Gasteiger partial charge in [0, 0.05) is 12.0 Å². The molecule has 2 amide bonds. The standard InChI is InChI=1S/C25H25N5O5/c31-21(32)12-20(14-6-5-7-14)26-23(33)22-27-24(30-29-22)28-25(34)35-13-19-17-10-3-1-8-15(17)16-9-2-4-11-18(16)19/h1-4,8-11,14,19-20H,5-7,12-13H2,(H,26,33)(H,31,32)(H2,27,28,29,30,34). The molecule has 1 unspecified atom stereocenters. The van der Waals surface area contributed by atoms with E-state index < -0.39 is 24.0 Å². The largest absolute Gasteiger partial charge is 0.481 e.